The molecule has 0 bridgehead atoms. The molecular weight excluding hydrogens is 230 g/mol. The average molecular weight is 244 g/mol. The largest absolute Gasteiger partial charge is 0.394 e. The third-order valence-corrected chi connectivity index (χ3v) is 2.84. The molecule has 0 aliphatic carbocycles. The van der Waals surface area contributed by atoms with Gasteiger partial charge in [0, 0.05) is 4.47 Å². The Labute approximate surface area is 87.1 Å². The summed E-state index contributed by atoms with van der Waals surface area (Å²) in [6.45, 7) is 2.15. The summed E-state index contributed by atoms with van der Waals surface area (Å²) >= 11 is 3.48. The van der Waals surface area contributed by atoms with E-state index in [1.807, 2.05) is 32.2 Å². The van der Waals surface area contributed by atoms with E-state index in [2.05, 4.69) is 21.2 Å². The second-order valence-electron chi connectivity index (χ2n) is 2.99. The summed E-state index contributed by atoms with van der Waals surface area (Å²) in [4.78, 5) is 0. The van der Waals surface area contributed by atoms with Crippen LogP contribution in [0.1, 0.15) is 17.2 Å². The minimum atomic E-state index is 0.00979. The van der Waals surface area contributed by atoms with Crippen molar-refractivity contribution in [3.05, 3.63) is 33.8 Å². The van der Waals surface area contributed by atoms with Crippen LogP contribution in [0.5, 0.6) is 0 Å². The zero-order valence-corrected chi connectivity index (χ0v) is 9.43. The Balaban J connectivity index is 3.10. The maximum Gasteiger partial charge on any atom is 0.0626 e. The smallest absolute Gasteiger partial charge is 0.0626 e. The number of benzene rings is 1. The predicted molar refractivity (Wildman–Crippen MR) is 57.8 cm³/mol. The summed E-state index contributed by atoms with van der Waals surface area (Å²) in [6.07, 6.45) is 0. The van der Waals surface area contributed by atoms with Crippen molar-refractivity contribution in [2.45, 2.75) is 13.0 Å². The number of aryl methyl sites for hydroxylation is 1. The Morgan fingerprint density at radius 2 is 2.23 bits per heavy atom. The minimum absolute atomic E-state index is 0.00979. The van der Waals surface area contributed by atoms with Crippen LogP contribution in [0.25, 0.3) is 0 Å². The summed E-state index contributed by atoms with van der Waals surface area (Å²) in [6, 6.07) is 6.03. The lowest BCUT2D eigenvalue weighted by Gasteiger charge is -2.17. The van der Waals surface area contributed by atoms with Gasteiger partial charge in [-0.1, -0.05) is 28.1 Å². The van der Waals surface area contributed by atoms with E-state index in [0.29, 0.717) is 0 Å². The first kappa shape index (κ1) is 10.7. The van der Waals surface area contributed by atoms with E-state index >= 15 is 0 Å². The molecular formula is C10H14BrNO. The van der Waals surface area contributed by atoms with Gasteiger partial charge in [0.25, 0.3) is 0 Å². The first-order valence-corrected chi connectivity index (χ1v) is 5.03. The van der Waals surface area contributed by atoms with E-state index in [-0.39, 0.29) is 12.6 Å². The molecule has 0 heterocycles. The lowest BCUT2D eigenvalue weighted by molar-refractivity contribution is 0.250. The summed E-state index contributed by atoms with van der Waals surface area (Å²) in [5, 5.41) is 12.2. The summed E-state index contributed by atoms with van der Waals surface area (Å²) in [5.41, 5.74) is 2.32. The molecule has 0 aliphatic heterocycles. The Kier molecular flexibility index (Phi) is 3.90. The minimum Gasteiger partial charge on any atom is -0.394 e. The number of likely N-dealkylation sites (N-methyl/N-ethyl adjacent to an activating group) is 1. The zero-order valence-electron chi connectivity index (χ0n) is 7.84. The third-order valence-electron chi connectivity index (χ3n) is 2.15. The van der Waals surface area contributed by atoms with Gasteiger partial charge in [0.1, 0.15) is 0 Å². The highest BCUT2D eigenvalue weighted by Gasteiger charge is 2.13. The number of aliphatic hydroxyl groups is 1. The van der Waals surface area contributed by atoms with Crippen LogP contribution in [-0.4, -0.2) is 18.8 Å². The van der Waals surface area contributed by atoms with Gasteiger partial charge in [-0.3, -0.25) is 0 Å². The number of rotatable bonds is 3. The van der Waals surface area contributed by atoms with Crippen molar-refractivity contribution < 1.29 is 5.11 Å². The highest BCUT2D eigenvalue weighted by atomic mass is 79.9. The monoisotopic (exact) mass is 243 g/mol. The fourth-order valence-electron chi connectivity index (χ4n) is 1.41. The molecule has 0 saturated carbocycles. The summed E-state index contributed by atoms with van der Waals surface area (Å²) in [7, 11) is 1.85. The molecule has 0 spiro atoms. The fourth-order valence-corrected chi connectivity index (χ4v) is 2.15. The first-order chi connectivity index (χ1) is 6.20. The molecule has 72 valence electrons. The quantitative estimate of drug-likeness (QED) is 0.852. The Hall–Kier alpha value is -0.380. The predicted octanol–water partition coefficient (Wildman–Crippen LogP) is 2.01. The molecule has 0 fully saturated rings. The number of hydrogen-bond acceptors (Lipinski definition) is 2. The Bertz CT molecular complexity index is 264. The normalized spacial score (nSPS) is 12.9. The van der Waals surface area contributed by atoms with Crippen molar-refractivity contribution in [2.75, 3.05) is 13.7 Å². The van der Waals surface area contributed by atoms with E-state index in [1.165, 1.54) is 5.56 Å². The van der Waals surface area contributed by atoms with Crippen LogP contribution in [0.15, 0.2) is 22.7 Å². The lowest BCUT2D eigenvalue weighted by atomic mass is 10.0. The second kappa shape index (κ2) is 4.74. The van der Waals surface area contributed by atoms with E-state index in [9.17, 15) is 0 Å². The van der Waals surface area contributed by atoms with Gasteiger partial charge in [-0.2, -0.15) is 0 Å². The van der Waals surface area contributed by atoms with Crippen molar-refractivity contribution in [1.29, 1.82) is 0 Å². The Morgan fingerprint density at radius 1 is 1.54 bits per heavy atom. The standard InChI is InChI=1S/C10H14BrNO/c1-7-4-3-5-8(11)10(7)9(6-13)12-2/h3-5,9,12-13H,6H2,1-2H3. The molecule has 1 aromatic carbocycles. The number of aliphatic hydroxyl groups excluding tert-OH is 1. The van der Waals surface area contributed by atoms with E-state index in [4.69, 9.17) is 5.11 Å². The average Bonchev–Trinajstić information content (AvgIpc) is 2.11. The van der Waals surface area contributed by atoms with Crippen LogP contribution in [0, 0.1) is 6.92 Å². The van der Waals surface area contributed by atoms with Crippen molar-refractivity contribution in [3.63, 3.8) is 0 Å². The highest BCUT2D eigenvalue weighted by molar-refractivity contribution is 9.10. The van der Waals surface area contributed by atoms with E-state index in [0.717, 1.165) is 10.0 Å². The molecule has 0 radical (unpaired) electrons. The highest BCUT2D eigenvalue weighted by Crippen LogP contribution is 2.26. The van der Waals surface area contributed by atoms with Crippen LogP contribution in [0.2, 0.25) is 0 Å². The molecule has 13 heavy (non-hydrogen) atoms. The van der Waals surface area contributed by atoms with E-state index in [1.54, 1.807) is 0 Å². The fraction of sp³-hybridized carbons (Fsp3) is 0.400. The summed E-state index contributed by atoms with van der Waals surface area (Å²) < 4.78 is 1.04. The van der Waals surface area contributed by atoms with Crippen LogP contribution < -0.4 is 5.32 Å². The SMILES string of the molecule is CNC(CO)c1c(C)cccc1Br. The molecule has 3 heteroatoms. The molecule has 0 amide bonds. The van der Waals surface area contributed by atoms with Crippen LogP contribution >= 0.6 is 15.9 Å². The number of halogens is 1. The van der Waals surface area contributed by atoms with Gasteiger partial charge >= 0.3 is 0 Å². The topological polar surface area (TPSA) is 32.3 Å². The van der Waals surface area contributed by atoms with Crippen LogP contribution in [0.3, 0.4) is 0 Å². The molecule has 1 rings (SSSR count). The first-order valence-electron chi connectivity index (χ1n) is 4.23. The zero-order chi connectivity index (χ0) is 9.84. The van der Waals surface area contributed by atoms with Gasteiger partial charge in [-0.25, -0.2) is 0 Å². The lowest BCUT2D eigenvalue weighted by Crippen LogP contribution is -2.21. The van der Waals surface area contributed by atoms with E-state index < -0.39 is 0 Å². The van der Waals surface area contributed by atoms with Gasteiger partial charge in [-0.15, -0.1) is 0 Å². The number of nitrogens with one attached hydrogen (secondary N) is 1. The molecule has 0 aromatic heterocycles. The van der Waals surface area contributed by atoms with Crippen LogP contribution in [0.4, 0.5) is 0 Å². The molecule has 1 aromatic rings. The van der Waals surface area contributed by atoms with Gasteiger partial charge in [0.15, 0.2) is 0 Å². The molecule has 1 unspecified atom stereocenters. The van der Waals surface area contributed by atoms with Crippen LogP contribution in [-0.2, 0) is 0 Å². The van der Waals surface area contributed by atoms with Gasteiger partial charge < -0.3 is 10.4 Å². The summed E-state index contributed by atoms with van der Waals surface area (Å²) in [5.74, 6) is 0. The molecule has 1 atom stereocenters. The van der Waals surface area contributed by atoms with Gasteiger partial charge in [0.2, 0.25) is 0 Å². The van der Waals surface area contributed by atoms with Crippen molar-refractivity contribution in [3.8, 4) is 0 Å². The van der Waals surface area contributed by atoms with Crippen molar-refractivity contribution in [2.24, 2.45) is 0 Å². The number of hydrogen-bond donors (Lipinski definition) is 2. The molecule has 0 saturated heterocycles. The molecule has 2 nitrogen and oxygen atoms in total. The third kappa shape index (κ3) is 2.30. The van der Waals surface area contributed by atoms with Gasteiger partial charge in [0.05, 0.1) is 12.6 Å². The van der Waals surface area contributed by atoms with Crippen molar-refractivity contribution >= 4 is 15.9 Å². The second-order valence-corrected chi connectivity index (χ2v) is 3.85. The molecule has 2 N–H and O–H groups in total. The maximum absolute atomic E-state index is 9.15. The van der Waals surface area contributed by atoms with Crippen molar-refractivity contribution in [1.82, 2.24) is 5.32 Å². The molecule has 0 aliphatic rings. The maximum atomic E-state index is 9.15. The Morgan fingerprint density at radius 3 is 2.69 bits per heavy atom. The van der Waals surface area contributed by atoms with Gasteiger partial charge in [-0.05, 0) is 31.2 Å².